The molecule has 3 rings (SSSR count). The van der Waals surface area contributed by atoms with Crippen molar-refractivity contribution in [1.29, 1.82) is 0 Å². The van der Waals surface area contributed by atoms with Crippen molar-refractivity contribution in [3.05, 3.63) is 60.2 Å². The van der Waals surface area contributed by atoms with E-state index in [2.05, 4.69) is 6.07 Å². The van der Waals surface area contributed by atoms with Crippen molar-refractivity contribution >= 4 is 27.5 Å². The van der Waals surface area contributed by atoms with Gasteiger partial charge in [0.2, 0.25) is 0 Å². The van der Waals surface area contributed by atoms with Gasteiger partial charge in [0.1, 0.15) is 0 Å². The van der Waals surface area contributed by atoms with E-state index in [1.807, 2.05) is 36.4 Å². The van der Waals surface area contributed by atoms with Crippen LogP contribution in [0.1, 0.15) is 10.4 Å². The summed E-state index contributed by atoms with van der Waals surface area (Å²) in [4.78, 5) is 10.8. The van der Waals surface area contributed by atoms with Crippen LogP contribution in [0.5, 0.6) is 0 Å². The van der Waals surface area contributed by atoms with Gasteiger partial charge in [0.05, 0.1) is 5.97 Å². The maximum Gasteiger partial charge on any atom is 1.00 e. The van der Waals surface area contributed by atoms with Gasteiger partial charge >= 0.3 is 68.9 Å². The van der Waals surface area contributed by atoms with Crippen LogP contribution in [0.4, 0.5) is 0 Å². The molecule has 0 aliphatic rings. The molecule has 0 radical (unpaired) electrons. The molecule has 0 N–H and O–H groups in total. The molecule has 0 saturated heterocycles. The Morgan fingerprint density at radius 3 is 1.94 bits per heavy atom. The molecule has 0 saturated carbocycles. The Labute approximate surface area is 163 Å². The van der Waals surface area contributed by atoms with Crippen molar-refractivity contribution in [1.82, 2.24) is 0 Å². The molecule has 2 nitrogen and oxygen atoms in total. The first-order valence-electron chi connectivity index (χ1n) is 5.38. The predicted molar refractivity (Wildman–Crippen MR) is 65.8 cm³/mol. The molecular formula is C15H9CsO2. The number of carboxylic acids is 1. The summed E-state index contributed by atoms with van der Waals surface area (Å²) in [5.74, 6) is -1.14. The first-order chi connectivity index (χ1) is 8.24. The molecule has 3 aromatic rings. The van der Waals surface area contributed by atoms with E-state index < -0.39 is 5.97 Å². The van der Waals surface area contributed by atoms with Crippen LogP contribution in [0.25, 0.3) is 21.5 Å². The Morgan fingerprint density at radius 1 is 0.778 bits per heavy atom. The zero-order valence-corrected chi connectivity index (χ0v) is 16.3. The molecule has 0 unspecified atom stereocenters. The average Bonchev–Trinajstić information content (AvgIpc) is 2.35. The maximum absolute atomic E-state index is 10.8. The molecular weight excluding hydrogens is 345 g/mol. The minimum atomic E-state index is -1.14. The fourth-order valence-corrected chi connectivity index (χ4v) is 2.07. The van der Waals surface area contributed by atoms with Crippen molar-refractivity contribution < 1.29 is 78.8 Å². The van der Waals surface area contributed by atoms with Gasteiger partial charge in [-0.2, -0.15) is 0 Å². The summed E-state index contributed by atoms with van der Waals surface area (Å²) in [7, 11) is 0. The van der Waals surface area contributed by atoms with Gasteiger partial charge in [-0.25, -0.2) is 0 Å². The van der Waals surface area contributed by atoms with E-state index in [4.69, 9.17) is 0 Å². The quantitative estimate of drug-likeness (QED) is 0.546. The van der Waals surface area contributed by atoms with Crippen LogP contribution in [0, 0.1) is 0 Å². The molecule has 0 aliphatic carbocycles. The second-order valence-corrected chi connectivity index (χ2v) is 4.05. The van der Waals surface area contributed by atoms with E-state index in [0.717, 1.165) is 21.5 Å². The summed E-state index contributed by atoms with van der Waals surface area (Å²) >= 11 is 0. The Kier molecular flexibility index (Phi) is 4.53. The number of carbonyl (C=O) groups excluding carboxylic acids is 1. The SMILES string of the molecule is O=C([O-])c1ccc2cc3ccccc3cc2c1.[Cs+]. The smallest absolute Gasteiger partial charge is 0.545 e. The monoisotopic (exact) mass is 354 g/mol. The number of carboxylic acid groups (broad SMARTS) is 1. The van der Waals surface area contributed by atoms with E-state index in [-0.39, 0.29) is 74.5 Å². The van der Waals surface area contributed by atoms with Gasteiger partial charge in [-0.3, -0.25) is 0 Å². The molecule has 0 fully saturated rings. The van der Waals surface area contributed by atoms with Crippen molar-refractivity contribution in [2.24, 2.45) is 0 Å². The summed E-state index contributed by atoms with van der Waals surface area (Å²) in [6.45, 7) is 0. The number of aromatic carboxylic acids is 1. The molecule has 0 spiro atoms. The largest absolute Gasteiger partial charge is 1.00 e. The molecule has 0 heterocycles. The third-order valence-corrected chi connectivity index (χ3v) is 2.94. The Hall–Kier alpha value is -0.298. The van der Waals surface area contributed by atoms with Crippen molar-refractivity contribution in [2.75, 3.05) is 0 Å². The molecule has 0 amide bonds. The summed E-state index contributed by atoms with van der Waals surface area (Å²) in [5.41, 5.74) is 0.216. The molecule has 0 aromatic heterocycles. The molecule has 18 heavy (non-hydrogen) atoms. The van der Waals surface area contributed by atoms with Crippen LogP contribution in [0.2, 0.25) is 0 Å². The van der Waals surface area contributed by atoms with Gasteiger partial charge < -0.3 is 9.90 Å². The first-order valence-corrected chi connectivity index (χ1v) is 5.38. The van der Waals surface area contributed by atoms with Crippen LogP contribution >= 0.6 is 0 Å². The second-order valence-electron chi connectivity index (χ2n) is 4.05. The number of rotatable bonds is 1. The van der Waals surface area contributed by atoms with Crippen molar-refractivity contribution in [3.63, 3.8) is 0 Å². The van der Waals surface area contributed by atoms with Gasteiger partial charge in [0.25, 0.3) is 0 Å². The van der Waals surface area contributed by atoms with E-state index in [1.165, 1.54) is 0 Å². The average molecular weight is 354 g/mol. The molecule has 3 heteroatoms. The van der Waals surface area contributed by atoms with Gasteiger partial charge in [0, 0.05) is 0 Å². The fraction of sp³-hybridized carbons (Fsp3) is 0. The van der Waals surface area contributed by atoms with E-state index in [9.17, 15) is 9.90 Å². The predicted octanol–water partition coefficient (Wildman–Crippen LogP) is -0.640. The molecule has 0 bridgehead atoms. The van der Waals surface area contributed by atoms with Crippen LogP contribution in [-0.4, -0.2) is 5.97 Å². The van der Waals surface area contributed by atoms with Gasteiger partial charge in [-0.15, -0.1) is 0 Å². The van der Waals surface area contributed by atoms with Gasteiger partial charge in [-0.1, -0.05) is 36.4 Å². The van der Waals surface area contributed by atoms with Crippen molar-refractivity contribution in [3.8, 4) is 0 Å². The van der Waals surface area contributed by atoms with Crippen LogP contribution < -0.4 is 74.0 Å². The Bertz CT molecular complexity index is 735. The summed E-state index contributed by atoms with van der Waals surface area (Å²) < 4.78 is 0. The summed E-state index contributed by atoms with van der Waals surface area (Å²) in [6, 6.07) is 17.1. The normalized spacial score (nSPS) is 10.2. The van der Waals surface area contributed by atoms with Gasteiger partial charge in [-0.05, 0) is 45.3 Å². The molecule has 0 atom stereocenters. The minimum Gasteiger partial charge on any atom is -0.545 e. The number of hydrogen-bond acceptors (Lipinski definition) is 2. The van der Waals surface area contributed by atoms with Crippen LogP contribution in [0.15, 0.2) is 54.6 Å². The topological polar surface area (TPSA) is 40.1 Å². The van der Waals surface area contributed by atoms with E-state index >= 15 is 0 Å². The van der Waals surface area contributed by atoms with Crippen molar-refractivity contribution in [2.45, 2.75) is 0 Å². The number of hydrogen-bond donors (Lipinski definition) is 0. The molecule has 82 valence electrons. The first kappa shape index (κ1) is 14.1. The fourth-order valence-electron chi connectivity index (χ4n) is 2.07. The zero-order chi connectivity index (χ0) is 11.8. The third-order valence-electron chi connectivity index (χ3n) is 2.94. The minimum absolute atomic E-state index is 0. The van der Waals surface area contributed by atoms with Gasteiger partial charge in [0.15, 0.2) is 0 Å². The summed E-state index contributed by atoms with van der Waals surface area (Å²) in [6.07, 6.45) is 0. The Morgan fingerprint density at radius 2 is 1.33 bits per heavy atom. The maximum atomic E-state index is 10.8. The standard InChI is InChI=1S/C15H10O2.Cs/c16-15(17)13-6-5-12-7-10-3-1-2-4-11(10)8-14(12)9-13;/h1-9H,(H,16,17);/q;+1/p-1. The van der Waals surface area contributed by atoms with E-state index in [1.54, 1.807) is 12.1 Å². The summed E-state index contributed by atoms with van der Waals surface area (Å²) in [5, 5.41) is 15.0. The van der Waals surface area contributed by atoms with Crippen LogP contribution in [-0.2, 0) is 0 Å². The number of fused-ring (bicyclic) bond motifs is 2. The number of carbonyl (C=O) groups is 1. The second kappa shape index (κ2) is 5.78. The third kappa shape index (κ3) is 2.66. The van der Waals surface area contributed by atoms with Crippen LogP contribution in [0.3, 0.4) is 0 Å². The number of benzene rings is 3. The zero-order valence-electron chi connectivity index (χ0n) is 10.0. The van der Waals surface area contributed by atoms with E-state index in [0.29, 0.717) is 0 Å². The Balaban J connectivity index is 0.00000120. The molecule has 0 aliphatic heterocycles. The molecule has 3 aromatic carbocycles.